The van der Waals surface area contributed by atoms with Gasteiger partial charge < -0.3 is 10.6 Å². The lowest BCUT2D eigenvalue weighted by Crippen LogP contribution is -2.34. The molecule has 2 rings (SSSR count). The van der Waals surface area contributed by atoms with Crippen LogP contribution in [0.4, 0.5) is 5.69 Å². The lowest BCUT2D eigenvalue weighted by Gasteiger charge is -2.16. The normalized spacial score (nSPS) is 10.6. The summed E-state index contributed by atoms with van der Waals surface area (Å²) in [5, 5.41) is 5.63. The van der Waals surface area contributed by atoms with E-state index < -0.39 is 0 Å². The third kappa shape index (κ3) is 5.18. The first-order chi connectivity index (χ1) is 11.9. The molecule has 0 aliphatic carbocycles. The highest BCUT2D eigenvalue weighted by molar-refractivity contribution is 5.96. The second-order valence-corrected chi connectivity index (χ2v) is 6.62. The minimum absolute atomic E-state index is 0.0312. The first-order valence-corrected chi connectivity index (χ1v) is 8.59. The fourth-order valence-electron chi connectivity index (χ4n) is 2.75. The van der Waals surface area contributed by atoms with E-state index in [9.17, 15) is 9.59 Å². The van der Waals surface area contributed by atoms with Crippen molar-refractivity contribution in [2.45, 2.75) is 40.0 Å². The average Bonchev–Trinajstić information content (AvgIpc) is 2.56. The van der Waals surface area contributed by atoms with Gasteiger partial charge in [0.1, 0.15) is 0 Å². The van der Waals surface area contributed by atoms with Crippen LogP contribution in [-0.4, -0.2) is 18.4 Å². The van der Waals surface area contributed by atoms with Gasteiger partial charge in [-0.25, -0.2) is 0 Å². The molecule has 2 aromatic rings. The minimum Gasteiger partial charge on any atom is -0.347 e. The predicted octanol–water partition coefficient (Wildman–Crippen LogP) is 3.72. The van der Waals surface area contributed by atoms with Crippen molar-refractivity contribution >= 4 is 17.5 Å². The van der Waals surface area contributed by atoms with Crippen molar-refractivity contribution in [3.8, 4) is 0 Å². The lowest BCUT2D eigenvalue weighted by molar-refractivity contribution is -0.123. The lowest BCUT2D eigenvalue weighted by atomic mass is 9.98. The van der Waals surface area contributed by atoms with Crippen molar-refractivity contribution in [2.75, 3.05) is 11.9 Å². The van der Waals surface area contributed by atoms with E-state index in [0.717, 1.165) is 27.9 Å². The predicted molar refractivity (Wildman–Crippen MR) is 102 cm³/mol. The van der Waals surface area contributed by atoms with E-state index in [1.54, 1.807) is 0 Å². The molecule has 0 spiro atoms. The standard InChI is InChI=1S/C21H26N2O2/c1-14(2)18-11-7-9-16(4)21(18)23-20(25)13-22-19(24)12-17-10-6-5-8-15(17)3/h5-11,14H,12-13H2,1-4H3,(H,22,24)(H,23,25). The van der Waals surface area contributed by atoms with Gasteiger partial charge in [-0.05, 0) is 42.0 Å². The minimum atomic E-state index is -0.214. The number of hydrogen-bond donors (Lipinski definition) is 2. The van der Waals surface area contributed by atoms with Crippen LogP contribution in [0.25, 0.3) is 0 Å². The molecule has 2 aromatic carbocycles. The number of amides is 2. The molecule has 0 saturated carbocycles. The Bertz CT molecular complexity index is 766. The van der Waals surface area contributed by atoms with E-state index >= 15 is 0 Å². The third-order valence-electron chi connectivity index (χ3n) is 4.25. The number of aryl methyl sites for hydroxylation is 2. The first-order valence-electron chi connectivity index (χ1n) is 8.59. The molecule has 0 atom stereocenters. The van der Waals surface area contributed by atoms with E-state index in [1.165, 1.54) is 0 Å². The van der Waals surface area contributed by atoms with E-state index in [-0.39, 0.29) is 24.8 Å². The van der Waals surface area contributed by atoms with E-state index in [0.29, 0.717) is 5.92 Å². The van der Waals surface area contributed by atoms with Gasteiger partial charge in [-0.3, -0.25) is 9.59 Å². The van der Waals surface area contributed by atoms with Crippen LogP contribution < -0.4 is 10.6 Å². The van der Waals surface area contributed by atoms with Gasteiger partial charge in [0.15, 0.2) is 0 Å². The zero-order valence-electron chi connectivity index (χ0n) is 15.3. The van der Waals surface area contributed by atoms with Gasteiger partial charge in [-0.15, -0.1) is 0 Å². The molecule has 0 unspecified atom stereocenters. The molecule has 132 valence electrons. The van der Waals surface area contributed by atoms with E-state index in [2.05, 4.69) is 24.5 Å². The zero-order chi connectivity index (χ0) is 18.4. The fraction of sp³-hybridized carbons (Fsp3) is 0.333. The second-order valence-electron chi connectivity index (χ2n) is 6.62. The highest BCUT2D eigenvalue weighted by Crippen LogP contribution is 2.27. The molecule has 4 nitrogen and oxygen atoms in total. The Morgan fingerprint density at radius 3 is 2.28 bits per heavy atom. The van der Waals surface area contributed by atoms with Crippen molar-refractivity contribution in [3.63, 3.8) is 0 Å². The molecule has 0 bridgehead atoms. The smallest absolute Gasteiger partial charge is 0.243 e. The van der Waals surface area contributed by atoms with Gasteiger partial charge in [0.2, 0.25) is 11.8 Å². The molecule has 0 saturated heterocycles. The van der Waals surface area contributed by atoms with Crippen molar-refractivity contribution in [2.24, 2.45) is 0 Å². The summed E-state index contributed by atoms with van der Waals surface area (Å²) in [4.78, 5) is 24.3. The zero-order valence-corrected chi connectivity index (χ0v) is 15.3. The molecule has 0 radical (unpaired) electrons. The molecule has 0 heterocycles. The molecule has 0 aliphatic heterocycles. The average molecular weight is 338 g/mol. The second kappa shape index (κ2) is 8.47. The first kappa shape index (κ1) is 18.7. The number of carbonyl (C=O) groups is 2. The Labute approximate surface area is 149 Å². The maximum Gasteiger partial charge on any atom is 0.243 e. The van der Waals surface area contributed by atoms with Crippen LogP contribution in [0.5, 0.6) is 0 Å². The van der Waals surface area contributed by atoms with Crippen LogP contribution in [0.1, 0.15) is 42.0 Å². The molecule has 4 heteroatoms. The summed E-state index contributed by atoms with van der Waals surface area (Å²) in [6.45, 7) is 8.10. The van der Waals surface area contributed by atoms with Gasteiger partial charge in [0, 0.05) is 5.69 Å². The summed E-state index contributed by atoms with van der Waals surface area (Å²) in [6.07, 6.45) is 0.279. The summed E-state index contributed by atoms with van der Waals surface area (Å²) in [7, 11) is 0. The Morgan fingerprint density at radius 2 is 1.60 bits per heavy atom. The monoisotopic (exact) mass is 338 g/mol. The quantitative estimate of drug-likeness (QED) is 0.843. The van der Waals surface area contributed by atoms with Gasteiger partial charge in [0.05, 0.1) is 13.0 Å². The molecule has 2 N–H and O–H groups in total. The topological polar surface area (TPSA) is 58.2 Å². The third-order valence-corrected chi connectivity index (χ3v) is 4.25. The summed E-state index contributed by atoms with van der Waals surface area (Å²) >= 11 is 0. The Kier molecular flexibility index (Phi) is 6.34. The van der Waals surface area contributed by atoms with Gasteiger partial charge in [0.25, 0.3) is 0 Å². The Balaban J connectivity index is 1.93. The van der Waals surface area contributed by atoms with Crippen LogP contribution in [0.2, 0.25) is 0 Å². The van der Waals surface area contributed by atoms with Crippen molar-refractivity contribution in [1.82, 2.24) is 5.32 Å². The number of nitrogens with one attached hydrogen (secondary N) is 2. The maximum atomic E-state index is 12.2. The van der Waals surface area contributed by atoms with Gasteiger partial charge in [-0.1, -0.05) is 56.3 Å². The number of carbonyl (C=O) groups excluding carboxylic acids is 2. The molecule has 25 heavy (non-hydrogen) atoms. The van der Waals surface area contributed by atoms with Gasteiger partial charge in [-0.2, -0.15) is 0 Å². The molecule has 0 aromatic heterocycles. The van der Waals surface area contributed by atoms with Crippen LogP contribution in [0, 0.1) is 13.8 Å². The molecular weight excluding hydrogens is 312 g/mol. The molecule has 0 fully saturated rings. The van der Waals surface area contributed by atoms with Crippen molar-refractivity contribution in [3.05, 3.63) is 64.7 Å². The number of para-hydroxylation sites is 1. The van der Waals surface area contributed by atoms with Crippen LogP contribution >= 0.6 is 0 Å². The molecular formula is C21H26N2O2. The Morgan fingerprint density at radius 1 is 0.920 bits per heavy atom. The van der Waals surface area contributed by atoms with Crippen LogP contribution in [-0.2, 0) is 16.0 Å². The van der Waals surface area contributed by atoms with Crippen molar-refractivity contribution in [1.29, 1.82) is 0 Å². The maximum absolute atomic E-state index is 12.2. The van der Waals surface area contributed by atoms with E-state index in [1.807, 2.05) is 56.3 Å². The fourth-order valence-corrected chi connectivity index (χ4v) is 2.75. The summed E-state index contributed by atoms with van der Waals surface area (Å²) in [5.41, 5.74) is 5.01. The van der Waals surface area contributed by atoms with E-state index in [4.69, 9.17) is 0 Å². The largest absolute Gasteiger partial charge is 0.347 e. The Hall–Kier alpha value is -2.62. The summed E-state index contributed by atoms with van der Waals surface area (Å²) in [6, 6.07) is 13.7. The van der Waals surface area contributed by atoms with Crippen LogP contribution in [0.15, 0.2) is 42.5 Å². The SMILES string of the molecule is Cc1ccccc1CC(=O)NCC(=O)Nc1c(C)cccc1C(C)C. The number of rotatable bonds is 6. The number of hydrogen-bond acceptors (Lipinski definition) is 2. The summed E-state index contributed by atoms with van der Waals surface area (Å²) < 4.78 is 0. The number of benzene rings is 2. The van der Waals surface area contributed by atoms with Crippen LogP contribution in [0.3, 0.4) is 0 Å². The molecule has 2 amide bonds. The number of anilines is 1. The van der Waals surface area contributed by atoms with Gasteiger partial charge >= 0.3 is 0 Å². The summed E-state index contributed by atoms with van der Waals surface area (Å²) in [5.74, 6) is -0.0569. The highest BCUT2D eigenvalue weighted by atomic mass is 16.2. The highest BCUT2D eigenvalue weighted by Gasteiger charge is 2.13. The molecule has 0 aliphatic rings. The van der Waals surface area contributed by atoms with Crippen molar-refractivity contribution < 1.29 is 9.59 Å².